The smallest absolute Gasteiger partial charge is 0.0713 e. The van der Waals surface area contributed by atoms with E-state index in [-0.39, 0.29) is 0 Å². The molecule has 0 saturated heterocycles. The highest BCUT2D eigenvalue weighted by atomic mass is 32.1. The Hall–Kier alpha value is -8.04. The molecule has 12 aromatic rings. The normalized spacial score (nSPS) is 12.7. The van der Waals surface area contributed by atoms with Crippen LogP contribution in [0.1, 0.15) is 22.3 Å². The summed E-state index contributed by atoms with van der Waals surface area (Å²) in [6, 6.07) is 92.1. The first kappa shape index (κ1) is 37.5. The first-order chi connectivity index (χ1) is 32.3. The van der Waals surface area contributed by atoms with Crippen LogP contribution >= 0.6 is 11.3 Å². The molecule has 13 rings (SSSR count). The van der Waals surface area contributed by atoms with Crippen molar-refractivity contribution >= 4 is 70.1 Å². The van der Waals surface area contributed by atoms with Crippen LogP contribution in [0.15, 0.2) is 249 Å². The van der Waals surface area contributed by atoms with Gasteiger partial charge >= 0.3 is 0 Å². The summed E-state index contributed by atoms with van der Waals surface area (Å²) < 4.78 is 2.57. The van der Waals surface area contributed by atoms with Crippen molar-refractivity contribution in [2.24, 2.45) is 0 Å². The van der Waals surface area contributed by atoms with E-state index in [0.717, 1.165) is 17.1 Å². The highest BCUT2D eigenvalue weighted by Gasteiger charge is 2.46. The summed E-state index contributed by atoms with van der Waals surface area (Å²) in [5.41, 5.74) is 15.4. The fraction of sp³-hybridized carbons (Fsp3) is 0.0159. The minimum Gasteiger partial charge on any atom is -0.310 e. The summed E-state index contributed by atoms with van der Waals surface area (Å²) in [6.07, 6.45) is 0. The average Bonchev–Trinajstić information content (AvgIpc) is 3.92. The van der Waals surface area contributed by atoms with E-state index in [1.807, 2.05) is 11.3 Å². The Morgan fingerprint density at radius 3 is 1.62 bits per heavy atom. The maximum Gasteiger partial charge on any atom is 0.0713 e. The minimum atomic E-state index is -0.473. The Morgan fingerprint density at radius 1 is 0.323 bits per heavy atom. The maximum absolute atomic E-state index is 2.51. The molecule has 1 aromatic heterocycles. The quantitative estimate of drug-likeness (QED) is 0.154. The van der Waals surface area contributed by atoms with E-state index in [0.29, 0.717) is 0 Å². The minimum absolute atomic E-state index is 0.473. The molecule has 1 heterocycles. The van der Waals surface area contributed by atoms with Gasteiger partial charge in [0.25, 0.3) is 0 Å². The van der Waals surface area contributed by atoms with Gasteiger partial charge in [-0.05, 0) is 120 Å². The van der Waals surface area contributed by atoms with Crippen LogP contribution < -0.4 is 4.90 Å². The molecule has 65 heavy (non-hydrogen) atoms. The lowest BCUT2D eigenvalue weighted by atomic mass is 9.68. The molecule has 0 atom stereocenters. The highest BCUT2D eigenvalue weighted by Crippen LogP contribution is 2.57. The van der Waals surface area contributed by atoms with E-state index in [1.165, 1.54) is 97.4 Å². The first-order valence-corrected chi connectivity index (χ1v) is 23.2. The molecule has 0 spiro atoms. The van der Waals surface area contributed by atoms with E-state index in [2.05, 4.69) is 254 Å². The van der Waals surface area contributed by atoms with Gasteiger partial charge in [0.2, 0.25) is 0 Å². The van der Waals surface area contributed by atoms with Crippen LogP contribution in [0, 0.1) is 0 Å². The molecule has 0 saturated carbocycles. The Labute approximate surface area is 382 Å². The standard InChI is InChI=1S/C63H41NS/c1-4-17-42(18-5-1)50-28-14-20-45-21-15-29-51(60(45)50)44-33-36-48(37-34-44)64(57-31-16-32-58-62(57)61-52-26-11-10-19-43(52)35-40-59(61)65-58)49-38-39-56-54(41-49)53-27-12-13-30-55(53)63(56,46-22-6-2-7-23-46)47-24-8-3-9-25-47/h1-41H. The van der Waals surface area contributed by atoms with Crippen molar-refractivity contribution < 1.29 is 0 Å². The molecule has 0 radical (unpaired) electrons. The van der Waals surface area contributed by atoms with Crippen LogP contribution in [-0.4, -0.2) is 0 Å². The maximum atomic E-state index is 2.51. The van der Waals surface area contributed by atoms with Crippen molar-refractivity contribution in [2.45, 2.75) is 5.41 Å². The van der Waals surface area contributed by atoms with Crippen molar-refractivity contribution in [3.05, 3.63) is 271 Å². The number of hydrogen-bond donors (Lipinski definition) is 0. The summed E-state index contributed by atoms with van der Waals surface area (Å²) in [5, 5.41) is 7.62. The Morgan fingerprint density at radius 2 is 0.877 bits per heavy atom. The molecule has 2 heteroatoms. The molecular formula is C63H41NS. The molecule has 0 N–H and O–H groups in total. The number of rotatable bonds is 7. The second-order valence-corrected chi connectivity index (χ2v) is 18.2. The zero-order valence-corrected chi connectivity index (χ0v) is 36.3. The van der Waals surface area contributed by atoms with Gasteiger partial charge in [-0.2, -0.15) is 0 Å². The molecule has 0 bridgehead atoms. The number of thiophene rings is 1. The monoisotopic (exact) mass is 843 g/mol. The van der Waals surface area contributed by atoms with Gasteiger partial charge < -0.3 is 4.90 Å². The van der Waals surface area contributed by atoms with Gasteiger partial charge in [-0.25, -0.2) is 0 Å². The molecule has 1 aliphatic carbocycles. The number of hydrogen-bond acceptors (Lipinski definition) is 2. The summed E-state index contributed by atoms with van der Waals surface area (Å²) in [4.78, 5) is 2.51. The van der Waals surface area contributed by atoms with Gasteiger partial charge in [0.1, 0.15) is 0 Å². The number of anilines is 3. The predicted octanol–water partition coefficient (Wildman–Crippen LogP) is 17.5. The SMILES string of the molecule is c1ccc(-c2cccc3cccc(-c4ccc(N(c5ccc6c(c5)-c5ccccc5C6(c5ccccc5)c5ccccc5)c5cccc6sc7ccc8ccccc8c7c56)cc4)c23)cc1. The predicted molar refractivity (Wildman–Crippen MR) is 277 cm³/mol. The average molecular weight is 844 g/mol. The van der Waals surface area contributed by atoms with Crippen molar-refractivity contribution in [1.29, 1.82) is 0 Å². The molecule has 304 valence electrons. The summed E-state index contributed by atoms with van der Waals surface area (Å²) in [7, 11) is 0. The first-order valence-electron chi connectivity index (χ1n) is 22.4. The molecule has 0 unspecified atom stereocenters. The Bertz CT molecular complexity index is 3710. The van der Waals surface area contributed by atoms with E-state index < -0.39 is 5.41 Å². The molecule has 1 aliphatic rings. The van der Waals surface area contributed by atoms with Gasteiger partial charge in [-0.15, -0.1) is 11.3 Å². The van der Waals surface area contributed by atoms with Crippen LogP contribution in [0.3, 0.4) is 0 Å². The zero-order valence-electron chi connectivity index (χ0n) is 35.5. The molecule has 0 amide bonds. The zero-order chi connectivity index (χ0) is 42.9. The van der Waals surface area contributed by atoms with Crippen molar-refractivity contribution in [1.82, 2.24) is 0 Å². The Kier molecular flexibility index (Phi) is 8.69. The van der Waals surface area contributed by atoms with Crippen LogP contribution in [0.25, 0.3) is 75.1 Å². The number of fused-ring (bicyclic) bond motifs is 9. The largest absolute Gasteiger partial charge is 0.310 e. The Balaban J connectivity index is 1.06. The molecule has 1 nitrogen and oxygen atoms in total. The van der Waals surface area contributed by atoms with Crippen LogP contribution in [0.5, 0.6) is 0 Å². The van der Waals surface area contributed by atoms with Gasteiger partial charge in [0.15, 0.2) is 0 Å². The fourth-order valence-electron chi connectivity index (χ4n) is 11.0. The lowest BCUT2D eigenvalue weighted by molar-refractivity contribution is 0.768. The van der Waals surface area contributed by atoms with Crippen molar-refractivity contribution in [3.63, 3.8) is 0 Å². The van der Waals surface area contributed by atoms with E-state index >= 15 is 0 Å². The lowest BCUT2D eigenvalue weighted by Crippen LogP contribution is -2.28. The van der Waals surface area contributed by atoms with Gasteiger partial charge in [0, 0.05) is 31.5 Å². The number of nitrogens with zero attached hydrogens (tertiary/aromatic N) is 1. The van der Waals surface area contributed by atoms with E-state index in [1.54, 1.807) is 0 Å². The van der Waals surface area contributed by atoms with Crippen LogP contribution in [0.2, 0.25) is 0 Å². The topological polar surface area (TPSA) is 3.24 Å². The van der Waals surface area contributed by atoms with Crippen LogP contribution in [0.4, 0.5) is 17.1 Å². The lowest BCUT2D eigenvalue weighted by Gasteiger charge is -2.34. The third-order valence-corrected chi connectivity index (χ3v) is 14.9. The van der Waals surface area contributed by atoms with Gasteiger partial charge in [-0.3, -0.25) is 0 Å². The molecule has 11 aromatic carbocycles. The third-order valence-electron chi connectivity index (χ3n) is 13.7. The summed E-state index contributed by atoms with van der Waals surface area (Å²) in [5.74, 6) is 0. The summed E-state index contributed by atoms with van der Waals surface area (Å²) in [6.45, 7) is 0. The summed E-state index contributed by atoms with van der Waals surface area (Å²) >= 11 is 1.88. The molecule has 0 aliphatic heterocycles. The molecule has 0 fully saturated rings. The molecular weight excluding hydrogens is 803 g/mol. The second-order valence-electron chi connectivity index (χ2n) is 17.1. The van der Waals surface area contributed by atoms with E-state index in [9.17, 15) is 0 Å². The third kappa shape index (κ3) is 5.78. The van der Waals surface area contributed by atoms with Gasteiger partial charge in [0.05, 0.1) is 11.1 Å². The van der Waals surface area contributed by atoms with Crippen LogP contribution in [-0.2, 0) is 5.41 Å². The van der Waals surface area contributed by atoms with Crippen molar-refractivity contribution in [3.8, 4) is 33.4 Å². The van der Waals surface area contributed by atoms with E-state index in [4.69, 9.17) is 0 Å². The number of benzene rings is 11. The fourth-order valence-corrected chi connectivity index (χ4v) is 12.1. The highest BCUT2D eigenvalue weighted by molar-refractivity contribution is 7.26. The second kappa shape index (κ2) is 15.1. The van der Waals surface area contributed by atoms with Gasteiger partial charge in [-0.1, -0.05) is 206 Å². The van der Waals surface area contributed by atoms with Crippen molar-refractivity contribution in [2.75, 3.05) is 4.90 Å².